The van der Waals surface area contributed by atoms with E-state index >= 15 is 0 Å². The molecule has 0 fully saturated rings. The number of nitro benzene ring substituents is 1. The van der Waals surface area contributed by atoms with Crippen LogP contribution in [0.2, 0.25) is 0 Å². The normalized spacial score (nSPS) is 10.2. The summed E-state index contributed by atoms with van der Waals surface area (Å²) in [6.07, 6.45) is 1.87. The molecule has 2 aromatic carbocycles. The van der Waals surface area contributed by atoms with E-state index in [0.29, 0.717) is 0 Å². The van der Waals surface area contributed by atoms with Crippen molar-refractivity contribution in [3.05, 3.63) is 57.9 Å². The van der Waals surface area contributed by atoms with E-state index in [1.165, 1.54) is 24.9 Å². The van der Waals surface area contributed by atoms with Crippen LogP contribution in [0.4, 0.5) is 15.8 Å². The highest BCUT2D eigenvalue weighted by molar-refractivity contribution is 7.98. The van der Waals surface area contributed by atoms with Crippen LogP contribution < -0.4 is 10.1 Å². The minimum atomic E-state index is -0.852. The number of non-ortho nitro benzene ring substituents is 1. The van der Waals surface area contributed by atoms with Gasteiger partial charge in [0.25, 0.3) is 11.6 Å². The highest BCUT2D eigenvalue weighted by Gasteiger charge is 2.17. The molecular weight excluding hydrogens is 379 g/mol. The maximum absolute atomic E-state index is 13.7. The number of ether oxygens (including phenoxy) is 2. The summed E-state index contributed by atoms with van der Waals surface area (Å²) in [7, 11) is 1.40. The minimum Gasteiger partial charge on any atom is -0.496 e. The fourth-order valence-corrected chi connectivity index (χ4v) is 2.51. The Kier molecular flexibility index (Phi) is 6.72. The van der Waals surface area contributed by atoms with Crippen molar-refractivity contribution in [2.24, 2.45) is 0 Å². The third-order valence-corrected chi connectivity index (χ3v) is 4.12. The number of nitrogens with one attached hydrogen (secondary N) is 1. The molecule has 0 atom stereocenters. The summed E-state index contributed by atoms with van der Waals surface area (Å²) in [4.78, 5) is 34.9. The summed E-state index contributed by atoms with van der Waals surface area (Å²) >= 11 is 1.46. The first-order valence-electron chi connectivity index (χ1n) is 7.48. The molecule has 1 N–H and O–H groups in total. The predicted molar refractivity (Wildman–Crippen MR) is 96.7 cm³/mol. The Balaban J connectivity index is 2.03. The molecule has 0 spiro atoms. The molecular formula is C17H15FN2O6S. The van der Waals surface area contributed by atoms with E-state index in [-0.39, 0.29) is 22.7 Å². The van der Waals surface area contributed by atoms with Gasteiger partial charge in [-0.05, 0) is 30.5 Å². The molecule has 0 aliphatic rings. The van der Waals surface area contributed by atoms with Crippen LogP contribution in [0.25, 0.3) is 0 Å². The SMILES string of the molecule is COc1cc(SC)ccc1C(=O)OCC(=O)Nc1cc([N+](=O)[O-])ccc1F. The summed E-state index contributed by atoms with van der Waals surface area (Å²) in [5, 5.41) is 12.8. The van der Waals surface area contributed by atoms with Crippen LogP contribution in [0, 0.1) is 15.9 Å². The number of halogens is 1. The number of nitro groups is 1. The number of amides is 1. The molecule has 0 aromatic heterocycles. The van der Waals surface area contributed by atoms with E-state index in [2.05, 4.69) is 5.32 Å². The van der Waals surface area contributed by atoms with Crippen molar-refractivity contribution in [3.8, 4) is 5.75 Å². The zero-order valence-corrected chi connectivity index (χ0v) is 15.2. The average molecular weight is 394 g/mol. The molecule has 8 nitrogen and oxygen atoms in total. The molecule has 27 heavy (non-hydrogen) atoms. The Morgan fingerprint density at radius 2 is 2.00 bits per heavy atom. The largest absolute Gasteiger partial charge is 0.496 e. The molecule has 2 aromatic rings. The maximum Gasteiger partial charge on any atom is 0.342 e. The van der Waals surface area contributed by atoms with Gasteiger partial charge in [0.2, 0.25) is 0 Å². The zero-order valence-electron chi connectivity index (χ0n) is 14.4. The van der Waals surface area contributed by atoms with Gasteiger partial charge in [-0.15, -0.1) is 11.8 Å². The molecule has 142 valence electrons. The Bertz CT molecular complexity index is 890. The maximum atomic E-state index is 13.7. The third kappa shape index (κ3) is 5.17. The molecule has 0 saturated heterocycles. The smallest absolute Gasteiger partial charge is 0.342 e. The third-order valence-electron chi connectivity index (χ3n) is 3.40. The molecule has 10 heteroatoms. The predicted octanol–water partition coefficient (Wildman–Crippen LogP) is 3.26. The van der Waals surface area contributed by atoms with Crippen molar-refractivity contribution in [3.63, 3.8) is 0 Å². The first kappa shape index (κ1) is 20.2. The number of rotatable bonds is 7. The zero-order chi connectivity index (χ0) is 20.0. The summed E-state index contributed by atoms with van der Waals surface area (Å²) in [6.45, 7) is -0.700. The van der Waals surface area contributed by atoms with Crippen molar-refractivity contribution in [1.82, 2.24) is 0 Å². The van der Waals surface area contributed by atoms with Gasteiger partial charge in [0.05, 0.1) is 17.7 Å². The lowest BCUT2D eigenvalue weighted by Gasteiger charge is -2.10. The van der Waals surface area contributed by atoms with Gasteiger partial charge < -0.3 is 14.8 Å². The van der Waals surface area contributed by atoms with Crippen molar-refractivity contribution in [2.45, 2.75) is 4.90 Å². The van der Waals surface area contributed by atoms with Gasteiger partial charge in [-0.2, -0.15) is 0 Å². The van der Waals surface area contributed by atoms with E-state index < -0.39 is 29.2 Å². The quantitative estimate of drug-likeness (QED) is 0.332. The molecule has 0 aliphatic heterocycles. The topological polar surface area (TPSA) is 108 Å². The first-order valence-corrected chi connectivity index (χ1v) is 8.71. The van der Waals surface area contributed by atoms with E-state index in [1.807, 2.05) is 6.26 Å². The number of thioether (sulfide) groups is 1. The Labute approximate surface area is 157 Å². The fourth-order valence-electron chi connectivity index (χ4n) is 2.08. The Hall–Kier alpha value is -3.14. The van der Waals surface area contributed by atoms with Crippen LogP contribution in [0.3, 0.4) is 0 Å². The number of carbonyl (C=O) groups excluding carboxylic acids is 2. The second-order valence-electron chi connectivity index (χ2n) is 5.11. The van der Waals surface area contributed by atoms with Crippen LogP contribution in [0.15, 0.2) is 41.3 Å². The van der Waals surface area contributed by atoms with Gasteiger partial charge in [0.1, 0.15) is 17.1 Å². The number of anilines is 1. The molecule has 0 unspecified atom stereocenters. The van der Waals surface area contributed by atoms with E-state index in [9.17, 15) is 24.1 Å². The van der Waals surface area contributed by atoms with E-state index in [0.717, 1.165) is 23.1 Å². The lowest BCUT2D eigenvalue weighted by molar-refractivity contribution is -0.384. The van der Waals surface area contributed by atoms with Crippen LogP contribution in [0.5, 0.6) is 5.75 Å². The highest BCUT2D eigenvalue weighted by Crippen LogP contribution is 2.26. The molecule has 0 heterocycles. The summed E-state index contributed by atoms with van der Waals surface area (Å²) < 4.78 is 23.7. The van der Waals surface area contributed by atoms with Crippen LogP contribution in [-0.4, -0.2) is 36.8 Å². The summed E-state index contributed by atoms with van der Waals surface area (Å²) in [6, 6.07) is 7.56. The van der Waals surface area contributed by atoms with Gasteiger partial charge in [-0.3, -0.25) is 14.9 Å². The number of methoxy groups -OCH3 is 1. The van der Waals surface area contributed by atoms with E-state index in [4.69, 9.17) is 9.47 Å². The van der Waals surface area contributed by atoms with Crippen molar-refractivity contribution in [1.29, 1.82) is 0 Å². The first-order chi connectivity index (χ1) is 12.8. The van der Waals surface area contributed by atoms with Crippen LogP contribution in [0.1, 0.15) is 10.4 Å². The lowest BCUT2D eigenvalue weighted by atomic mass is 10.2. The fraction of sp³-hybridized carbons (Fsp3) is 0.176. The summed E-state index contributed by atoms with van der Waals surface area (Å²) in [5.74, 6) is -2.21. The molecule has 0 saturated carbocycles. The molecule has 1 amide bonds. The Morgan fingerprint density at radius 1 is 1.26 bits per heavy atom. The van der Waals surface area contributed by atoms with Gasteiger partial charge in [-0.25, -0.2) is 9.18 Å². The molecule has 2 rings (SSSR count). The standard InChI is InChI=1S/C17H15FN2O6S/c1-25-15-8-11(27-2)4-5-12(15)17(22)26-9-16(21)19-14-7-10(20(23)24)3-6-13(14)18/h3-8H,9H2,1-2H3,(H,19,21). The monoisotopic (exact) mass is 394 g/mol. The van der Waals surface area contributed by atoms with Crippen molar-refractivity contribution >= 4 is 35.0 Å². The number of esters is 1. The van der Waals surface area contributed by atoms with Crippen LogP contribution in [-0.2, 0) is 9.53 Å². The van der Waals surface area contributed by atoms with Gasteiger partial charge in [-0.1, -0.05) is 0 Å². The number of nitrogens with zero attached hydrogens (tertiary/aromatic N) is 1. The minimum absolute atomic E-state index is 0.129. The van der Waals surface area contributed by atoms with Gasteiger partial charge in [0.15, 0.2) is 6.61 Å². The number of hydrogen-bond acceptors (Lipinski definition) is 7. The second kappa shape index (κ2) is 8.99. The molecule has 0 bridgehead atoms. The van der Waals surface area contributed by atoms with Crippen molar-refractivity contribution in [2.75, 3.05) is 25.3 Å². The second-order valence-corrected chi connectivity index (χ2v) is 5.99. The van der Waals surface area contributed by atoms with Gasteiger partial charge in [0, 0.05) is 17.0 Å². The highest BCUT2D eigenvalue weighted by atomic mass is 32.2. The van der Waals surface area contributed by atoms with Crippen molar-refractivity contribution < 1.29 is 28.4 Å². The van der Waals surface area contributed by atoms with Gasteiger partial charge >= 0.3 is 5.97 Å². The Morgan fingerprint density at radius 3 is 2.63 bits per heavy atom. The molecule has 0 aliphatic carbocycles. The number of benzene rings is 2. The number of hydrogen-bond donors (Lipinski definition) is 1. The van der Waals surface area contributed by atoms with E-state index in [1.54, 1.807) is 12.1 Å². The average Bonchev–Trinajstić information content (AvgIpc) is 2.67. The lowest BCUT2D eigenvalue weighted by Crippen LogP contribution is -2.21. The number of carbonyl (C=O) groups is 2. The summed E-state index contributed by atoms with van der Waals surface area (Å²) in [5.41, 5.74) is -0.640. The van der Waals surface area contributed by atoms with Crippen LogP contribution >= 0.6 is 11.8 Å². The molecule has 0 radical (unpaired) electrons.